The molecule has 0 aromatic heterocycles. The van der Waals surface area contributed by atoms with E-state index in [2.05, 4.69) is 10.6 Å². The maximum Gasteiger partial charge on any atom is 0.234 e. The first-order valence-corrected chi connectivity index (χ1v) is 6.31. The molecule has 1 amide bonds. The van der Waals surface area contributed by atoms with Crippen LogP contribution in [0.15, 0.2) is 30.3 Å². The first kappa shape index (κ1) is 14.7. The summed E-state index contributed by atoms with van der Waals surface area (Å²) in [7, 11) is 0. The third-order valence-corrected chi connectivity index (χ3v) is 2.35. The van der Waals surface area contributed by atoms with Crippen molar-refractivity contribution in [2.24, 2.45) is 0 Å². The monoisotopic (exact) mass is 250 g/mol. The van der Waals surface area contributed by atoms with E-state index in [1.807, 2.05) is 44.2 Å². The van der Waals surface area contributed by atoms with Gasteiger partial charge >= 0.3 is 0 Å². The van der Waals surface area contributed by atoms with Crippen molar-refractivity contribution < 1.29 is 9.53 Å². The fourth-order valence-electron chi connectivity index (χ4n) is 1.43. The van der Waals surface area contributed by atoms with Crippen LogP contribution in [0.1, 0.15) is 19.4 Å². The number of ether oxygens (including phenoxy) is 1. The molecular formula is C14H22N2O2. The number of nitrogens with one attached hydrogen (secondary N) is 2. The van der Waals surface area contributed by atoms with Gasteiger partial charge in [-0.05, 0) is 19.4 Å². The lowest BCUT2D eigenvalue weighted by atomic mass is 10.2. The Morgan fingerprint density at radius 3 is 2.67 bits per heavy atom. The van der Waals surface area contributed by atoms with Crippen LogP contribution in [0.5, 0.6) is 0 Å². The molecule has 0 radical (unpaired) electrons. The zero-order valence-corrected chi connectivity index (χ0v) is 11.1. The summed E-state index contributed by atoms with van der Waals surface area (Å²) < 4.78 is 5.36. The molecular weight excluding hydrogens is 228 g/mol. The molecule has 18 heavy (non-hydrogen) atoms. The van der Waals surface area contributed by atoms with Gasteiger partial charge < -0.3 is 15.4 Å². The van der Waals surface area contributed by atoms with Crippen LogP contribution in [-0.4, -0.2) is 31.7 Å². The van der Waals surface area contributed by atoms with Gasteiger partial charge in [-0.2, -0.15) is 0 Å². The lowest BCUT2D eigenvalue weighted by Crippen LogP contribution is -2.35. The van der Waals surface area contributed by atoms with Crippen molar-refractivity contribution >= 4 is 5.91 Å². The Bertz CT molecular complexity index is 339. The van der Waals surface area contributed by atoms with Crippen LogP contribution in [0.4, 0.5) is 0 Å². The quantitative estimate of drug-likeness (QED) is 0.684. The van der Waals surface area contributed by atoms with Crippen molar-refractivity contribution in [1.29, 1.82) is 0 Å². The van der Waals surface area contributed by atoms with Crippen molar-refractivity contribution in [3.8, 4) is 0 Å². The summed E-state index contributed by atoms with van der Waals surface area (Å²) in [6.07, 6.45) is 0.235. The van der Waals surface area contributed by atoms with E-state index in [0.29, 0.717) is 26.2 Å². The van der Waals surface area contributed by atoms with Gasteiger partial charge in [0.15, 0.2) is 0 Å². The van der Waals surface area contributed by atoms with E-state index in [1.54, 1.807) is 0 Å². The highest BCUT2D eigenvalue weighted by Crippen LogP contribution is 1.96. The minimum absolute atomic E-state index is 0.00315. The summed E-state index contributed by atoms with van der Waals surface area (Å²) in [4.78, 5) is 11.5. The summed E-state index contributed by atoms with van der Waals surface area (Å²) >= 11 is 0. The Labute approximate surface area is 109 Å². The predicted octanol–water partition coefficient (Wildman–Crippen LogP) is 1.32. The normalized spacial score (nSPS) is 10.6. The second-order valence-corrected chi connectivity index (χ2v) is 4.36. The molecule has 2 N–H and O–H groups in total. The summed E-state index contributed by atoms with van der Waals surface area (Å²) in [5.41, 5.74) is 1.11. The Kier molecular flexibility index (Phi) is 7.06. The number of carbonyl (C=O) groups is 1. The SMILES string of the molecule is CC(C)OCCNCC(=O)NCc1ccccc1. The molecule has 0 bridgehead atoms. The minimum Gasteiger partial charge on any atom is -0.377 e. The molecule has 0 aliphatic carbocycles. The summed E-state index contributed by atoms with van der Waals surface area (Å²) in [6.45, 7) is 6.21. The molecule has 0 spiro atoms. The molecule has 0 saturated carbocycles. The highest BCUT2D eigenvalue weighted by molar-refractivity contribution is 5.77. The molecule has 0 heterocycles. The van der Waals surface area contributed by atoms with Gasteiger partial charge in [-0.1, -0.05) is 30.3 Å². The van der Waals surface area contributed by atoms with Gasteiger partial charge in [-0.25, -0.2) is 0 Å². The lowest BCUT2D eigenvalue weighted by Gasteiger charge is -2.09. The second kappa shape index (κ2) is 8.66. The number of hydrogen-bond donors (Lipinski definition) is 2. The van der Waals surface area contributed by atoms with Crippen LogP contribution >= 0.6 is 0 Å². The van der Waals surface area contributed by atoms with E-state index in [9.17, 15) is 4.79 Å². The maximum atomic E-state index is 11.5. The number of rotatable bonds is 8. The van der Waals surface area contributed by atoms with Gasteiger partial charge in [-0.15, -0.1) is 0 Å². The van der Waals surface area contributed by atoms with Crippen molar-refractivity contribution in [3.05, 3.63) is 35.9 Å². The summed E-state index contributed by atoms with van der Waals surface area (Å²) in [5, 5.41) is 5.90. The van der Waals surface area contributed by atoms with Crippen LogP contribution in [0, 0.1) is 0 Å². The molecule has 0 saturated heterocycles. The van der Waals surface area contributed by atoms with E-state index >= 15 is 0 Å². The Morgan fingerprint density at radius 1 is 1.28 bits per heavy atom. The third kappa shape index (κ3) is 7.04. The number of hydrogen-bond acceptors (Lipinski definition) is 3. The fraction of sp³-hybridized carbons (Fsp3) is 0.500. The minimum atomic E-state index is 0.00315. The first-order valence-electron chi connectivity index (χ1n) is 6.31. The van der Waals surface area contributed by atoms with Gasteiger partial charge in [0, 0.05) is 13.1 Å². The van der Waals surface area contributed by atoms with E-state index in [1.165, 1.54) is 0 Å². The van der Waals surface area contributed by atoms with Crippen molar-refractivity contribution in [2.75, 3.05) is 19.7 Å². The highest BCUT2D eigenvalue weighted by atomic mass is 16.5. The molecule has 1 aromatic rings. The van der Waals surface area contributed by atoms with Crippen LogP contribution in [-0.2, 0) is 16.1 Å². The van der Waals surface area contributed by atoms with E-state index in [-0.39, 0.29) is 12.0 Å². The first-order chi connectivity index (χ1) is 8.68. The molecule has 0 aliphatic rings. The van der Waals surface area contributed by atoms with Crippen molar-refractivity contribution in [2.45, 2.75) is 26.5 Å². The Hall–Kier alpha value is -1.39. The van der Waals surface area contributed by atoms with Crippen LogP contribution in [0.2, 0.25) is 0 Å². The smallest absolute Gasteiger partial charge is 0.234 e. The molecule has 0 atom stereocenters. The van der Waals surface area contributed by atoms with Gasteiger partial charge in [0.2, 0.25) is 5.91 Å². The summed E-state index contributed by atoms with van der Waals surface area (Å²) in [6, 6.07) is 9.86. The predicted molar refractivity (Wildman–Crippen MR) is 72.2 cm³/mol. The van der Waals surface area contributed by atoms with Gasteiger partial charge in [0.1, 0.15) is 0 Å². The lowest BCUT2D eigenvalue weighted by molar-refractivity contribution is -0.120. The highest BCUT2D eigenvalue weighted by Gasteiger charge is 2.00. The molecule has 1 aromatic carbocycles. The molecule has 0 fully saturated rings. The van der Waals surface area contributed by atoms with Crippen LogP contribution < -0.4 is 10.6 Å². The van der Waals surface area contributed by atoms with E-state index in [4.69, 9.17) is 4.74 Å². The average Bonchev–Trinajstić information content (AvgIpc) is 2.37. The van der Waals surface area contributed by atoms with Gasteiger partial charge in [0.05, 0.1) is 19.3 Å². The Morgan fingerprint density at radius 2 is 2.00 bits per heavy atom. The maximum absolute atomic E-state index is 11.5. The summed E-state index contributed by atoms with van der Waals surface area (Å²) in [5.74, 6) is 0.00315. The molecule has 0 unspecified atom stereocenters. The molecule has 1 rings (SSSR count). The van der Waals surface area contributed by atoms with Crippen molar-refractivity contribution in [1.82, 2.24) is 10.6 Å². The zero-order chi connectivity index (χ0) is 13.2. The third-order valence-electron chi connectivity index (χ3n) is 2.35. The van der Waals surface area contributed by atoms with Gasteiger partial charge in [0.25, 0.3) is 0 Å². The molecule has 4 heteroatoms. The largest absolute Gasteiger partial charge is 0.377 e. The van der Waals surface area contributed by atoms with Crippen molar-refractivity contribution in [3.63, 3.8) is 0 Å². The topological polar surface area (TPSA) is 50.4 Å². The van der Waals surface area contributed by atoms with E-state index < -0.39 is 0 Å². The fourth-order valence-corrected chi connectivity index (χ4v) is 1.43. The van der Waals surface area contributed by atoms with Gasteiger partial charge in [-0.3, -0.25) is 4.79 Å². The molecule has 4 nitrogen and oxygen atoms in total. The average molecular weight is 250 g/mol. The number of benzene rings is 1. The standard InChI is InChI=1S/C14H22N2O2/c1-12(2)18-9-8-15-11-14(17)16-10-13-6-4-3-5-7-13/h3-7,12,15H,8-11H2,1-2H3,(H,16,17). The second-order valence-electron chi connectivity index (χ2n) is 4.36. The van der Waals surface area contributed by atoms with Crippen LogP contribution in [0.3, 0.4) is 0 Å². The zero-order valence-electron chi connectivity index (χ0n) is 11.1. The Balaban J connectivity index is 2.04. The molecule has 0 aliphatic heterocycles. The van der Waals surface area contributed by atoms with E-state index in [0.717, 1.165) is 5.56 Å². The number of amides is 1. The molecule has 100 valence electrons. The van der Waals surface area contributed by atoms with Crippen LogP contribution in [0.25, 0.3) is 0 Å². The number of carbonyl (C=O) groups excluding carboxylic acids is 1.